The van der Waals surface area contributed by atoms with Crippen LogP contribution in [0, 0.1) is 17.0 Å². The number of hydrogen-bond donors (Lipinski definition) is 2. The van der Waals surface area contributed by atoms with E-state index in [0.29, 0.717) is 22.6 Å². The molecular formula is C18H18ClN3O4S. The molecule has 0 unspecified atom stereocenters. The number of rotatable bonds is 5. The van der Waals surface area contributed by atoms with E-state index < -0.39 is 10.8 Å². The summed E-state index contributed by atoms with van der Waals surface area (Å²) in [4.78, 5) is 22.6. The molecule has 0 aliphatic heterocycles. The van der Waals surface area contributed by atoms with Gasteiger partial charge in [-0.05, 0) is 68.9 Å². The summed E-state index contributed by atoms with van der Waals surface area (Å²) in [5.74, 6) is 0.271. The van der Waals surface area contributed by atoms with E-state index in [1.54, 1.807) is 31.2 Å². The van der Waals surface area contributed by atoms with Gasteiger partial charge in [-0.3, -0.25) is 20.2 Å². The van der Waals surface area contributed by atoms with E-state index in [2.05, 4.69) is 10.6 Å². The van der Waals surface area contributed by atoms with Crippen LogP contribution in [-0.2, 0) is 0 Å². The number of thiocarbonyl (C=S) groups is 1. The van der Waals surface area contributed by atoms with Gasteiger partial charge in [0.2, 0.25) is 0 Å². The Kier molecular flexibility index (Phi) is 6.70. The number of carbonyl (C=O) groups excluding carboxylic acids is 1. The standard InChI is InChI=1S/C18H18ClN3O4S/c1-10(2)26-13-6-4-12(5-7-13)17(23)21-18(27)20-15-9-14(19)16(22(24)25)8-11(15)3/h4-10H,1-3H3,(H2,20,21,23,27). The van der Waals surface area contributed by atoms with Crippen LogP contribution in [0.5, 0.6) is 5.75 Å². The topological polar surface area (TPSA) is 93.5 Å². The molecule has 0 aromatic heterocycles. The molecule has 0 bridgehead atoms. The highest BCUT2D eigenvalue weighted by Gasteiger charge is 2.16. The van der Waals surface area contributed by atoms with Crippen molar-refractivity contribution in [2.75, 3.05) is 5.32 Å². The third-order valence-corrected chi connectivity index (χ3v) is 3.96. The fourth-order valence-electron chi connectivity index (χ4n) is 2.23. The smallest absolute Gasteiger partial charge is 0.288 e. The monoisotopic (exact) mass is 407 g/mol. The van der Waals surface area contributed by atoms with E-state index in [1.807, 2.05) is 13.8 Å². The maximum atomic E-state index is 12.3. The molecule has 27 heavy (non-hydrogen) atoms. The summed E-state index contributed by atoms with van der Waals surface area (Å²) in [6, 6.07) is 9.39. The van der Waals surface area contributed by atoms with Gasteiger partial charge < -0.3 is 10.1 Å². The number of nitrogens with zero attached hydrogens (tertiary/aromatic N) is 1. The van der Waals surface area contributed by atoms with Crippen LogP contribution in [0.1, 0.15) is 29.8 Å². The maximum absolute atomic E-state index is 12.3. The maximum Gasteiger partial charge on any atom is 0.288 e. The van der Waals surface area contributed by atoms with Gasteiger partial charge in [-0.15, -0.1) is 0 Å². The SMILES string of the molecule is Cc1cc([N+](=O)[O-])c(Cl)cc1NC(=S)NC(=O)c1ccc(OC(C)C)cc1. The van der Waals surface area contributed by atoms with E-state index >= 15 is 0 Å². The fraction of sp³-hybridized carbons (Fsp3) is 0.222. The molecule has 7 nitrogen and oxygen atoms in total. The van der Waals surface area contributed by atoms with Crippen LogP contribution in [0.4, 0.5) is 11.4 Å². The highest BCUT2D eigenvalue weighted by atomic mass is 35.5. The van der Waals surface area contributed by atoms with Gasteiger partial charge in [-0.25, -0.2) is 0 Å². The average molecular weight is 408 g/mol. The zero-order valence-electron chi connectivity index (χ0n) is 14.9. The Balaban J connectivity index is 2.04. The van der Waals surface area contributed by atoms with E-state index in [0.717, 1.165) is 0 Å². The van der Waals surface area contributed by atoms with E-state index in [4.69, 9.17) is 28.6 Å². The minimum absolute atomic E-state index is 0.0250. The minimum Gasteiger partial charge on any atom is -0.491 e. The summed E-state index contributed by atoms with van der Waals surface area (Å²) >= 11 is 11.0. The van der Waals surface area contributed by atoms with Gasteiger partial charge in [0, 0.05) is 17.3 Å². The van der Waals surface area contributed by atoms with Gasteiger partial charge in [-0.1, -0.05) is 11.6 Å². The minimum atomic E-state index is -0.564. The number of amides is 1. The molecule has 0 heterocycles. The first-order valence-electron chi connectivity index (χ1n) is 8.01. The number of nitrogens with one attached hydrogen (secondary N) is 2. The summed E-state index contributed by atoms with van der Waals surface area (Å²) in [6.45, 7) is 5.50. The average Bonchev–Trinajstić information content (AvgIpc) is 2.57. The van der Waals surface area contributed by atoms with E-state index in [9.17, 15) is 14.9 Å². The Morgan fingerprint density at radius 1 is 1.26 bits per heavy atom. The molecular weight excluding hydrogens is 390 g/mol. The van der Waals surface area contributed by atoms with Crippen LogP contribution in [0.25, 0.3) is 0 Å². The number of ether oxygens (including phenoxy) is 1. The molecule has 1 amide bonds. The molecule has 2 N–H and O–H groups in total. The molecule has 9 heteroatoms. The van der Waals surface area contributed by atoms with Crippen molar-refractivity contribution in [2.45, 2.75) is 26.9 Å². The lowest BCUT2D eigenvalue weighted by molar-refractivity contribution is -0.384. The lowest BCUT2D eigenvalue weighted by atomic mass is 10.2. The predicted octanol–water partition coefficient (Wildman–Crippen LogP) is 4.47. The Labute approximate surface area is 166 Å². The van der Waals surface area contributed by atoms with Gasteiger partial charge in [0.1, 0.15) is 10.8 Å². The number of nitro benzene ring substituents is 1. The van der Waals surface area contributed by atoms with Gasteiger partial charge in [-0.2, -0.15) is 0 Å². The molecule has 0 spiro atoms. The zero-order chi connectivity index (χ0) is 20.1. The second kappa shape index (κ2) is 8.79. The molecule has 0 aliphatic rings. The van der Waals surface area contributed by atoms with Gasteiger partial charge >= 0.3 is 0 Å². The van der Waals surface area contributed by atoms with Crippen molar-refractivity contribution in [1.82, 2.24) is 5.32 Å². The normalized spacial score (nSPS) is 10.4. The number of anilines is 1. The molecule has 0 saturated heterocycles. The first-order valence-corrected chi connectivity index (χ1v) is 8.79. The van der Waals surface area contributed by atoms with Crippen LogP contribution in [0.15, 0.2) is 36.4 Å². The lowest BCUT2D eigenvalue weighted by Gasteiger charge is -2.13. The molecule has 0 aliphatic carbocycles. The van der Waals surface area contributed by atoms with Crippen LogP contribution >= 0.6 is 23.8 Å². The van der Waals surface area contributed by atoms with Crippen molar-refractivity contribution in [1.29, 1.82) is 0 Å². The summed E-state index contributed by atoms with van der Waals surface area (Å²) in [5, 5.41) is 16.3. The molecule has 0 atom stereocenters. The van der Waals surface area contributed by atoms with Gasteiger partial charge in [0.15, 0.2) is 5.11 Å². The van der Waals surface area contributed by atoms with Crippen molar-refractivity contribution in [2.24, 2.45) is 0 Å². The molecule has 0 fully saturated rings. The van der Waals surface area contributed by atoms with E-state index in [1.165, 1.54) is 12.1 Å². The molecule has 2 aromatic carbocycles. The molecule has 2 aromatic rings. The van der Waals surface area contributed by atoms with Crippen molar-refractivity contribution in [3.05, 3.63) is 62.7 Å². The number of hydrogen-bond acceptors (Lipinski definition) is 5. The number of benzene rings is 2. The third-order valence-electron chi connectivity index (χ3n) is 3.45. The van der Waals surface area contributed by atoms with Crippen molar-refractivity contribution >= 4 is 46.2 Å². The Morgan fingerprint density at radius 3 is 2.44 bits per heavy atom. The lowest BCUT2D eigenvalue weighted by Crippen LogP contribution is -2.34. The number of carbonyl (C=O) groups is 1. The summed E-state index contributed by atoms with van der Waals surface area (Å²) in [7, 11) is 0. The Hall–Kier alpha value is -2.71. The highest BCUT2D eigenvalue weighted by molar-refractivity contribution is 7.80. The zero-order valence-corrected chi connectivity index (χ0v) is 16.5. The van der Waals surface area contributed by atoms with Crippen LogP contribution in [0.3, 0.4) is 0 Å². The number of halogens is 1. The van der Waals surface area contributed by atoms with Gasteiger partial charge in [0.05, 0.1) is 11.0 Å². The first kappa shape index (κ1) is 20.6. The second-order valence-corrected chi connectivity index (χ2v) is 6.79. The predicted molar refractivity (Wildman–Crippen MR) is 109 cm³/mol. The molecule has 2 rings (SSSR count). The van der Waals surface area contributed by atoms with Gasteiger partial charge in [0.25, 0.3) is 11.6 Å². The fourth-order valence-corrected chi connectivity index (χ4v) is 2.66. The molecule has 0 saturated carbocycles. The van der Waals surface area contributed by atoms with Crippen molar-refractivity contribution < 1.29 is 14.5 Å². The van der Waals surface area contributed by atoms with Crippen LogP contribution in [-0.4, -0.2) is 22.0 Å². The number of aryl methyl sites for hydroxylation is 1. The highest BCUT2D eigenvalue weighted by Crippen LogP contribution is 2.30. The summed E-state index contributed by atoms with van der Waals surface area (Å²) < 4.78 is 5.53. The third kappa shape index (κ3) is 5.63. The summed E-state index contributed by atoms with van der Waals surface area (Å²) in [5.41, 5.74) is 1.25. The second-order valence-electron chi connectivity index (χ2n) is 5.97. The Bertz CT molecular complexity index is 885. The molecule has 0 radical (unpaired) electrons. The number of nitro groups is 1. The van der Waals surface area contributed by atoms with Crippen molar-refractivity contribution in [3.8, 4) is 5.75 Å². The quantitative estimate of drug-likeness (QED) is 0.431. The van der Waals surface area contributed by atoms with Crippen molar-refractivity contribution in [3.63, 3.8) is 0 Å². The molecule has 142 valence electrons. The largest absolute Gasteiger partial charge is 0.491 e. The summed E-state index contributed by atoms with van der Waals surface area (Å²) in [6.07, 6.45) is 0.0400. The van der Waals surface area contributed by atoms with Crippen LogP contribution in [0.2, 0.25) is 5.02 Å². The van der Waals surface area contributed by atoms with Crippen LogP contribution < -0.4 is 15.4 Å². The Morgan fingerprint density at radius 2 is 1.89 bits per heavy atom. The first-order chi connectivity index (χ1) is 12.7. The van der Waals surface area contributed by atoms with E-state index in [-0.39, 0.29) is 21.9 Å².